The SMILES string of the molecule is C=CCCCCCCCCC(=O)OC(C)c1ccccc1. The number of carbonyl (C=O) groups excluding carboxylic acids is 1. The van der Waals surface area contributed by atoms with Gasteiger partial charge in [0.15, 0.2) is 0 Å². The van der Waals surface area contributed by atoms with Gasteiger partial charge in [-0.2, -0.15) is 0 Å². The number of unbranched alkanes of at least 4 members (excludes halogenated alkanes) is 6. The van der Waals surface area contributed by atoms with Crippen LogP contribution in [0.15, 0.2) is 43.0 Å². The molecule has 2 nitrogen and oxygen atoms in total. The first-order valence-electron chi connectivity index (χ1n) is 8.09. The molecule has 1 atom stereocenters. The number of hydrogen-bond donors (Lipinski definition) is 0. The number of rotatable bonds is 11. The summed E-state index contributed by atoms with van der Waals surface area (Å²) in [5.74, 6) is -0.0852. The molecule has 21 heavy (non-hydrogen) atoms. The minimum atomic E-state index is -0.155. The first-order chi connectivity index (χ1) is 10.2. The maximum atomic E-state index is 11.8. The largest absolute Gasteiger partial charge is 0.458 e. The fraction of sp³-hybridized carbons (Fsp3) is 0.526. The molecule has 0 fully saturated rings. The molecule has 2 heteroatoms. The van der Waals surface area contributed by atoms with E-state index in [9.17, 15) is 4.79 Å². The zero-order valence-corrected chi connectivity index (χ0v) is 13.2. The van der Waals surface area contributed by atoms with Crippen LogP contribution in [-0.4, -0.2) is 5.97 Å². The Labute approximate surface area is 129 Å². The summed E-state index contributed by atoms with van der Waals surface area (Å²) in [6, 6.07) is 9.87. The molecule has 1 unspecified atom stereocenters. The number of hydrogen-bond acceptors (Lipinski definition) is 2. The molecule has 0 saturated carbocycles. The average Bonchev–Trinajstić information content (AvgIpc) is 2.50. The van der Waals surface area contributed by atoms with Crippen molar-refractivity contribution in [3.05, 3.63) is 48.6 Å². The highest BCUT2D eigenvalue weighted by Crippen LogP contribution is 2.17. The third-order valence-electron chi connectivity index (χ3n) is 3.62. The molecule has 0 heterocycles. The van der Waals surface area contributed by atoms with Crippen LogP contribution in [0, 0.1) is 0 Å². The van der Waals surface area contributed by atoms with Gasteiger partial charge in [0, 0.05) is 6.42 Å². The van der Waals surface area contributed by atoms with Crippen molar-refractivity contribution in [1.29, 1.82) is 0 Å². The summed E-state index contributed by atoms with van der Waals surface area (Å²) in [7, 11) is 0. The maximum Gasteiger partial charge on any atom is 0.306 e. The predicted molar refractivity (Wildman–Crippen MR) is 88.1 cm³/mol. The van der Waals surface area contributed by atoms with E-state index in [1.807, 2.05) is 43.3 Å². The van der Waals surface area contributed by atoms with Gasteiger partial charge in [-0.15, -0.1) is 6.58 Å². The lowest BCUT2D eigenvalue weighted by atomic mass is 10.1. The third kappa shape index (κ3) is 8.34. The van der Waals surface area contributed by atoms with Gasteiger partial charge >= 0.3 is 5.97 Å². The van der Waals surface area contributed by atoms with Crippen LogP contribution in [0.1, 0.15) is 70.0 Å². The Balaban J connectivity index is 2.05. The molecule has 0 N–H and O–H groups in total. The first-order valence-corrected chi connectivity index (χ1v) is 8.09. The van der Waals surface area contributed by atoms with Crippen LogP contribution < -0.4 is 0 Å². The predicted octanol–water partition coefficient (Wildman–Crippen LogP) is 5.60. The summed E-state index contributed by atoms with van der Waals surface area (Å²) >= 11 is 0. The Kier molecular flexibility index (Phi) is 9.26. The lowest BCUT2D eigenvalue weighted by Crippen LogP contribution is -2.08. The Morgan fingerprint density at radius 2 is 1.71 bits per heavy atom. The third-order valence-corrected chi connectivity index (χ3v) is 3.62. The zero-order valence-electron chi connectivity index (χ0n) is 13.2. The van der Waals surface area contributed by atoms with E-state index >= 15 is 0 Å². The Bertz CT molecular complexity index is 397. The van der Waals surface area contributed by atoms with E-state index in [1.165, 1.54) is 25.7 Å². The minimum Gasteiger partial charge on any atom is -0.458 e. The second-order valence-corrected chi connectivity index (χ2v) is 5.49. The van der Waals surface area contributed by atoms with Gasteiger partial charge < -0.3 is 4.74 Å². The molecule has 0 amide bonds. The van der Waals surface area contributed by atoms with Crippen LogP contribution in [0.25, 0.3) is 0 Å². The van der Waals surface area contributed by atoms with Crippen LogP contribution >= 0.6 is 0 Å². The summed E-state index contributed by atoms with van der Waals surface area (Å²) in [5, 5.41) is 0. The molecule has 0 radical (unpaired) electrons. The van der Waals surface area contributed by atoms with Gasteiger partial charge in [0.05, 0.1) is 0 Å². The van der Waals surface area contributed by atoms with Crippen molar-refractivity contribution >= 4 is 5.97 Å². The highest BCUT2D eigenvalue weighted by atomic mass is 16.5. The van der Waals surface area contributed by atoms with Crippen LogP contribution in [0.5, 0.6) is 0 Å². The minimum absolute atomic E-state index is 0.0852. The molecule has 1 rings (SSSR count). The number of benzene rings is 1. The summed E-state index contributed by atoms with van der Waals surface area (Å²) in [5.41, 5.74) is 1.05. The van der Waals surface area contributed by atoms with Gasteiger partial charge in [-0.25, -0.2) is 0 Å². The van der Waals surface area contributed by atoms with E-state index in [-0.39, 0.29) is 12.1 Å². The Morgan fingerprint density at radius 3 is 2.38 bits per heavy atom. The second kappa shape index (κ2) is 11.1. The van der Waals surface area contributed by atoms with E-state index in [2.05, 4.69) is 6.58 Å². The van der Waals surface area contributed by atoms with Crippen molar-refractivity contribution < 1.29 is 9.53 Å². The van der Waals surface area contributed by atoms with Gasteiger partial charge in [0.25, 0.3) is 0 Å². The van der Waals surface area contributed by atoms with Crippen LogP contribution in [0.4, 0.5) is 0 Å². The molecule has 0 aliphatic rings. The van der Waals surface area contributed by atoms with Gasteiger partial charge in [0.1, 0.15) is 6.10 Å². The number of carbonyl (C=O) groups is 1. The first kappa shape index (κ1) is 17.5. The summed E-state index contributed by atoms with van der Waals surface area (Å²) < 4.78 is 5.45. The van der Waals surface area contributed by atoms with Crippen molar-refractivity contribution in [3.63, 3.8) is 0 Å². The fourth-order valence-corrected chi connectivity index (χ4v) is 2.31. The molecule has 1 aromatic rings. The average molecular weight is 288 g/mol. The number of ether oxygens (including phenoxy) is 1. The molecule has 0 aliphatic carbocycles. The monoisotopic (exact) mass is 288 g/mol. The highest BCUT2D eigenvalue weighted by molar-refractivity contribution is 5.69. The summed E-state index contributed by atoms with van der Waals surface area (Å²) in [4.78, 5) is 11.8. The van der Waals surface area contributed by atoms with Crippen LogP contribution in [-0.2, 0) is 9.53 Å². The summed E-state index contributed by atoms with van der Waals surface area (Å²) in [6.45, 7) is 5.64. The molecule has 0 aliphatic heterocycles. The molecule has 1 aromatic carbocycles. The molecule has 0 aromatic heterocycles. The fourth-order valence-electron chi connectivity index (χ4n) is 2.31. The molecular formula is C19H28O2. The van der Waals surface area contributed by atoms with Gasteiger partial charge in [-0.3, -0.25) is 4.79 Å². The van der Waals surface area contributed by atoms with E-state index in [1.54, 1.807) is 0 Å². The smallest absolute Gasteiger partial charge is 0.306 e. The number of allylic oxidation sites excluding steroid dienone is 1. The van der Waals surface area contributed by atoms with E-state index in [4.69, 9.17) is 4.74 Å². The van der Waals surface area contributed by atoms with Crippen LogP contribution in [0.3, 0.4) is 0 Å². The van der Waals surface area contributed by atoms with E-state index < -0.39 is 0 Å². The van der Waals surface area contributed by atoms with Crippen molar-refractivity contribution in [3.8, 4) is 0 Å². The molecule has 116 valence electrons. The van der Waals surface area contributed by atoms with E-state index in [0.717, 1.165) is 24.8 Å². The molecule has 0 spiro atoms. The standard InChI is InChI=1S/C19H28O2/c1-3-4-5-6-7-8-9-13-16-19(20)21-17(2)18-14-11-10-12-15-18/h3,10-12,14-15,17H,1,4-9,13,16H2,2H3. The van der Waals surface area contributed by atoms with Crippen molar-refractivity contribution in [1.82, 2.24) is 0 Å². The van der Waals surface area contributed by atoms with Gasteiger partial charge in [0.2, 0.25) is 0 Å². The lowest BCUT2D eigenvalue weighted by Gasteiger charge is -2.13. The Hall–Kier alpha value is -1.57. The van der Waals surface area contributed by atoms with Crippen molar-refractivity contribution in [2.45, 2.75) is 64.4 Å². The summed E-state index contributed by atoms with van der Waals surface area (Å²) in [6.07, 6.45) is 10.5. The normalized spacial score (nSPS) is 11.9. The Morgan fingerprint density at radius 1 is 1.10 bits per heavy atom. The van der Waals surface area contributed by atoms with Gasteiger partial charge in [-0.05, 0) is 31.7 Å². The van der Waals surface area contributed by atoms with Crippen molar-refractivity contribution in [2.75, 3.05) is 0 Å². The second-order valence-electron chi connectivity index (χ2n) is 5.49. The zero-order chi connectivity index (χ0) is 15.3. The number of esters is 1. The van der Waals surface area contributed by atoms with Gasteiger partial charge in [-0.1, -0.05) is 62.1 Å². The highest BCUT2D eigenvalue weighted by Gasteiger charge is 2.10. The quantitative estimate of drug-likeness (QED) is 0.301. The maximum absolute atomic E-state index is 11.8. The molecular weight excluding hydrogens is 260 g/mol. The lowest BCUT2D eigenvalue weighted by molar-refractivity contribution is -0.148. The van der Waals surface area contributed by atoms with Crippen molar-refractivity contribution in [2.24, 2.45) is 0 Å². The molecule has 0 saturated heterocycles. The molecule has 0 bridgehead atoms. The van der Waals surface area contributed by atoms with E-state index in [0.29, 0.717) is 6.42 Å². The topological polar surface area (TPSA) is 26.3 Å². The van der Waals surface area contributed by atoms with Crippen LogP contribution in [0.2, 0.25) is 0 Å².